The van der Waals surface area contributed by atoms with Crippen LogP contribution in [0.4, 0.5) is 0 Å². The Morgan fingerprint density at radius 1 is 1.04 bits per heavy atom. The predicted molar refractivity (Wildman–Crippen MR) is 113 cm³/mol. The van der Waals surface area contributed by atoms with Gasteiger partial charge in [0, 0.05) is 32.6 Å². The van der Waals surface area contributed by atoms with Crippen LogP contribution >= 0.6 is 11.3 Å². The molecule has 2 heterocycles. The van der Waals surface area contributed by atoms with Crippen molar-refractivity contribution in [3.05, 3.63) is 48.8 Å². The van der Waals surface area contributed by atoms with Gasteiger partial charge in [0.1, 0.15) is 0 Å². The van der Waals surface area contributed by atoms with Crippen LogP contribution in [0.1, 0.15) is 27.7 Å². The quantitative estimate of drug-likeness (QED) is 0.554. The second-order valence-electron chi connectivity index (χ2n) is 7.79. The van der Waals surface area contributed by atoms with E-state index >= 15 is 0 Å². The number of thiophene rings is 1. The van der Waals surface area contributed by atoms with Crippen LogP contribution in [0.2, 0.25) is 0 Å². The van der Waals surface area contributed by atoms with E-state index in [0.29, 0.717) is 7.48 Å². The number of hydrogen-bond donors (Lipinski definition) is 1. The van der Waals surface area contributed by atoms with E-state index in [2.05, 4.69) is 41.4 Å². The summed E-state index contributed by atoms with van der Waals surface area (Å²) in [7, 11) is 0.458. The number of fused-ring (bicyclic) bond motifs is 5. The molecule has 0 spiro atoms. The maximum absolute atomic E-state index is 10.4. The Hall–Kier alpha value is -1.95. The van der Waals surface area contributed by atoms with Gasteiger partial charge in [-0.3, -0.25) is 4.98 Å². The minimum atomic E-state index is -0.920. The van der Waals surface area contributed by atoms with Crippen molar-refractivity contribution in [2.75, 3.05) is 0 Å². The van der Waals surface area contributed by atoms with Crippen molar-refractivity contribution in [1.29, 1.82) is 0 Å². The number of aromatic nitrogens is 1. The minimum absolute atomic E-state index is 0.458. The third-order valence-corrected chi connectivity index (χ3v) is 6.63. The first-order chi connectivity index (χ1) is 12.3. The Bertz CT molecular complexity index is 1110. The van der Waals surface area contributed by atoms with E-state index in [1.165, 1.54) is 30.9 Å². The average Bonchev–Trinajstić information content (AvgIpc) is 2.97. The summed E-state index contributed by atoms with van der Waals surface area (Å²) in [6.45, 7) is 7.43. The van der Waals surface area contributed by atoms with E-state index in [9.17, 15) is 5.11 Å². The average molecular weight is 363 g/mol. The van der Waals surface area contributed by atoms with Crippen LogP contribution in [0, 0.1) is 0 Å². The molecule has 0 bridgehead atoms. The fourth-order valence-corrected chi connectivity index (χ4v) is 4.34. The monoisotopic (exact) mass is 363 g/mol. The Kier molecular flexibility index (Phi) is 4.06. The van der Waals surface area contributed by atoms with Crippen molar-refractivity contribution in [2.45, 2.75) is 38.9 Å². The summed E-state index contributed by atoms with van der Waals surface area (Å²) in [6, 6.07) is 12.7. The standard InChI is InChI=1S/C21H22BNO2S/c1-20(2,24)21(3,4)25-22-16-7-5-6-13-8-9-14-15-12-23-11-10-17(15)26-19(14)18(13)16/h5-12,22,24H,1-4H3. The van der Waals surface area contributed by atoms with Gasteiger partial charge >= 0.3 is 7.48 Å². The second-order valence-corrected chi connectivity index (χ2v) is 8.84. The van der Waals surface area contributed by atoms with E-state index < -0.39 is 11.2 Å². The SMILES string of the molecule is CC(C)(O)C(C)(C)OBc1cccc2ccc3c4cnccc4sc3c12. The van der Waals surface area contributed by atoms with E-state index in [4.69, 9.17) is 4.65 Å². The summed E-state index contributed by atoms with van der Waals surface area (Å²) in [5.41, 5.74) is -0.423. The Labute approximate surface area is 157 Å². The van der Waals surface area contributed by atoms with E-state index in [1.54, 1.807) is 25.2 Å². The molecular formula is C21H22BNO2S. The van der Waals surface area contributed by atoms with E-state index in [0.717, 1.165) is 5.46 Å². The van der Waals surface area contributed by atoms with Crippen LogP contribution in [0.3, 0.4) is 0 Å². The highest BCUT2D eigenvalue weighted by Gasteiger charge is 2.35. The molecule has 0 radical (unpaired) electrons. The van der Waals surface area contributed by atoms with Gasteiger partial charge in [0.25, 0.3) is 0 Å². The third-order valence-electron chi connectivity index (χ3n) is 5.43. The second kappa shape index (κ2) is 6.05. The van der Waals surface area contributed by atoms with Gasteiger partial charge in [-0.05, 0) is 50.0 Å². The number of pyridine rings is 1. The Morgan fingerprint density at radius 3 is 2.62 bits per heavy atom. The van der Waals surface area contributed by atoms with Crippen molar-refractivity contribution in [2.24, 2.45) is 0 Å². The van der Waals surface area contributed by atoms with Crippen molar-refractivity contribution in [3.8, 4) is 0 Å². The van der Waals surface area contributed by atoms with E-state index in [1.807, 2.05) is 26.2 Å². The molecule has 4 rings (SSSR count). The summed E-state index contributed by atoms with van der Waals surface area (Å²) in [5, 5.41) is 15.2. The highest BCUT2D eigenvalue weighted by molar-refractivity contribution is 7.26. The molecule has 1 N–H and O–H groups in total. The van der Waals surface area contributed by atoms with Gasteiger partial charge in [-0.15, -0.1) is 11.3 Å². The molecule has 132 valence electrons. The molecule has 0 fully saturated rings. The largest absolute Gasteiger partial charge is 0.427 e. The third kappa shape index (κ3) is 2.80. The lowest BCUT2D eigenvalue weighted by Crippen LogP contribution is -2.49. The zero-order valence-electron chi connectivity index (χ0n) is 15.5. The number of aliphatic hydroxyl groups is 1. The molecule has 4 aromatic rings. The lowest BCUT2D eigenvalue weighted by molar-refractivity contribution is -0.0893. The fraction of sp³-hybridized carbons (Fsp3) is 0.286. The lowest BCUT2D eigenvalue weighted by Gasteiger charge is -2.37. The first-order valence-electron chi connectivity index (χ1n) is 8.81. The molecule has 0 saturated heterocycles. The molecular weight excluding hydrogens is 341 g/mol. The highest BCUT2D eigenvalue weighted by atomic mass is 32.1. The smallest absolute Gasteiger partial charge is 0.310 e. The molecule has 5 heteroatoms. The lowest BCUT2D eigenvalue weighted by atomic mass is 9.80. The van der Waals surface area contributed by atoms with Gasteiger partial charge in [0.2, 0.25) is 0 Å². The van der Waals surface area contributed by atoms with Crippen LogP contribution < -0.4 is 5.46 Å². The molecule has 2 aromatic carbocycles. The predicted octanol–water partition coefficient (Wildman–Crippen LogP) is 4.15. The zero-order chi connectivity index (χ0) is 18.5. The maximum Gasteiger partial charge on any atom is 0.310 e. The Balaban J connectivity index is 1.87. The number of benzene rings is 2. The summed E-state index contributed by atoms with van der Waals surface area (Å²) in [6.07, 6.45) is 3.78. The van der Waals surface area contributed by atoms with Gasteiger partial charge in [-0.1, -0.05) is 30.3 Å². The maximum atomic E-state index is 10.4. The molecule has 0 aliphatic heterocycles. The van der Waals surface area contributed by atoms with Crippen LogP contribution in [-0.4, -0.2) is 28.8 Å². The first-order valence-corrected chi connectivity index (χ1v) is 9.63. The van der Waals surface area contributed by atoms with Gasteiger partial charge in [0.15, 0.2) is 0 Å². The molecule has 0 atom stereocenters. The van der Waals surface area contributed by atoms with Gasteiger partial charge in [0.05, 0.1) is 11.2 Å². The molecule has 0 amide bonds. The van der Waals surface area contributed by atoms with Gasteiger partial charge in [-0.2, -0.15) is 0 Å². The van der Waals surface area contributed by atoms with Crippen molar-refractivity contribution in [1.82, 2.24) is 4.98 Å². The normalized spacial score (nSPS) is 13.0. The number of nitrogens with zero attached hydrogens (tertiary/aromatic N) is 1. The van der Waals surface area contributed by atoms with Crippen LogP contribution in [0.15, 0.2) is 48.8 Å². The van der Waals surface area contributed by atoms with E-state index in [-0.39, 0.29) is 0 Å². The van der Waals surface area contributed by atoms with Gasteiger partial charge in [-0.25, -0.2) is 0 Å². The molecule has 0 saturated carbocycles. The fourth-order valence-electron chi connectivity index (χ4n) is 3.08. The van der Waals surface area contributed by atoms with Crippen molar-refractivity contribution < 1.29 is 9.76 Å². The number of hydrogen-bond acceptors (Lipinski definition) is 4. The highest BCUT2D eigenvalue weighted by Crippen LogP contribution is 2.37. The summed E-state index contributed by atoms with van der Waals surface area (Å²) in [4.78, 5) is 4.29. The summed E-state index contributed by atoms with van der Waals surface area (Å²) >= 11 is 1.80. The van der Waals surface area contributed by atoms with Crippen LogP contribution in [-0.2, 0) is 4.65 Å². The van der Waals surface area contributed by atoms with Crippen molar-refractivity contribution in [3.63, 3.8) is 0 Å². The first kappa shape index (κ1) is 17.5. The van der Waals surface area contributed by atoms with Crippen LogP contribution in [0.5, 0.6) is 0 Å². The molecule has 0 unspecified atom stereocenters. The molecule has 26 heavy (non-hydrogen) atoms. The van der Waals surface area contributed by atoms with Crippen LogP contribution in [0.25, 0.3) is 30.9 Å². The van der Waals surface area contributed by atoms with Crippen molar-refractivity contribution >= 4 is 55.2 Å². The molecule has 3 nitrogen and oxygen atoms in total. The minimum Gasteiger partial charge on any atom is -0.427 e. The number of rotatable bonds is 4. The molecule has 0 aliphatic carbocycles. The zero-order valence-corrected chi connectivity index (χ0v) is 16.4. The topological polar surface area (TPSA) is 42.4 Å². The Morgan fingerprint density at radius 2 is 1.85 bits per heavy atom. The molecule has 0 aliphatic rings. The summed E-state index contributed by atoms with van der Waals surface area (Å²) in [5.74, 6) is 0. The van der Waals surface area contributed by atoms with Gasteiger partial charge < -0.3 is 9.76 Å². The molecule has 2 aromatic heterocycles. The summed E-state index contributed by atoms with van der Waals surface area (Å²) < 4.78 is 8.67.